The molecule has 1 N–H and O–H groups in total. The van der Waals surface area contributed by atoms with Gasteiger partial charge in [-0.3, -0.25) is 10.1 Å². The van der Waals surface area contributed by atoms with Crippen LogP contribution in [0.25, 0.3) is 11.5 Å². The van der Waals surface area contributed by atoms with Crippen molar-refractivity contribution in [3.8, 4) is 11.5 Å². The van der Waals surface area contributed by atoms with Crippen LogP contribution in [-0.4, -0.2) is 40.4 Å². The number of nitro benzene ring substituents is 1. The average Bonchev–Trinajstić information content (AvgIpc) is 3.03. The molecule has 0 unspecified atom stereocenters. The first kappa shape index (κ1) is 16.5. The fraction of sp³-hybridized carbons (Fsp3) is 0.500. The molecular weight excluding hydrogens is 312 g/mol. The standard InChI is InChI=1S/C16H20N4O4/c1-10-8-19(9-11(2)23-10)12(3)15-17-18-16(24-15)13-4-6-14(7-5-13)20(21)22/h4-7,10-12H,8-9H2,1-3H3/p+1/t10-,11-,12-/m0/s1. The third-order valence-electron chi connectivity index (χ3n) is 4.31. The van der Waals surface area contributed by atoms with Gasteiger partial charge in [0.15, 0.2) is 6.04 Å². The lowest BCUT2D eigenvalue weighted by atomic mass is 10.2. The summed E-state index contributed by atoms with van der Waals surface area (Å²) in [6.45, 7) is 7.98. The maximum absolute atomic E-state index is 10.7. The Hall–Kier alpha value is -2.32. The third-order valence-corrected chi connectivity index (χ3v) is 4.31. The molecule has 2 aromatic rings. The summed E-state index contributed by atoms with van der Waals surface area (Å²) in [4.78, 5) is 11.6. The zero-order chi connectivity index (χ0) is 17.3. The van der Waals surface area contributed by atoms with Crippen molar-refractivity contribution in [2.24, 2.45) is 0 Å². The van der Waals surface area contributed by atoms with Crippen molar-refractivity contribution < 1.29 is 19.0 Å². The molecule has 24 heavy (non-hydrogen) atoms. The quantitative estimate of drug-likeness (QED) is 0.671. The molecule has 8 heteroatoms. The van der Waals surface area contributed by atoms with Crippen molar-refractivity contribution in [2.45, 2.75) is 39.0 Å². The van der Waals surface area contributed by atoms with Crippen LogP contribution < -0.4 is 4.90 Å². The molecule has 128 valence electrons. The third kappa shape index (κ3) is 3.44. The maximum atomic E-state index is 10.7. The molecule has 1 aliphatic heterocycles. The molecule has 0 bridgehead atoms. The van der Waals surface area contributed by atoms with Crippen molar-refractivity contribution in [3.63, 3.8) is 0 Å². The molecule has 1 aliphatic rings. The summed E-state index contributed by atoms with van der Waals surface area (Å²) in [5, 5.41) is 19.0. The Morgan fingerprint density at radius 3 is 2.42 bits per heavy atom. The van der Waals surface area contributed by atoms with Crippen LogP contribution in [0.1, 0.15) is 32.7 Å². The number of hydrogen-bond acceptors (Lipinski definition) is 6. The minimum atomic E-state index is -0.435. The Kier molecular flexibility index (Phi) is 4.59. The second-order valence-electron chi connectivity index (χ2n) is 6.29. The monoisotopic (exact) mass is 333 g/mol. The van der Waals surface area contributed by atoms with E-state index in [1.165, 1.54) is 17.0 Å². The van der Waals surface area contributed by atoms with E-state index in [-0.39, 0.29) is 23.9 Å². The second-order valence-corrected chi connectivity index (χ2v) is 6.29. The molecule has 3 rings (SSSR count). The van der Waals surface area contributed by atoms with Gasteiger partial charge in [-0.25, -0.2) is 0 Å². The summed E-state index contributed by atoms with van der Waals surface area (Å²) in [6.07, 6.45) is 0.395. The minimum absolute atomic E-state index is 0.0348. The van der Waals surface area contributed by atoms with Gasteiger partial charge in [-0.15, -0.1) is 10.2 Å². The molecule has 1 saturated heterocycles. The van der Waals surface area contributed by atoms with E-state index in [4.69, 9.17) is 9.15 Å². The summed E-state index contributed by atoms with van der Waals surface area (Å²) in [6, 6.07) is 6.16. The van der Waals surface area contributed by atoms with Gasteiger partial charge in [-0.2, -0.15) is 0 Å². The van der Waals surface area contributed by atoms with E-state index in [1.54, 1.807) is 12.1 Å². The van der Waals surface area contributed by atoms with Crippen LogP contribution in [0.3, 0.4) is 0 Å². The summed E-state index contributed by atoms with van der Waals surface area (Å²) in [5.74, 6) is 0.945. The predicted octanol–water partition coefficient (Wildman–Crippen LogP) is 1.40. The number of nitrogens with one attached hydrogen (secondary N) is 1. The van der Waals surface area contributed by atoms with Gasteiger partial charge in [-0.1, -0.05) is 0 Å². The van der Waals surface area contributed by atoms with Gasteiger partial charge >= 0.3 is 0 Å². The molecule has 3 atom stereocenters. The summed E-state index contributed by atoms with van der Waals surface area (Å²) >= 11 is 0. The highest BCUT2D eigenvalue weighted by Crippen LogP contribution is 2.22. The van der Waals surface area contributed by atoms with Crippen molar-refractivity contribution in [3.05, 3.63) is 40.3 Å². The molecule has 1 fully saturated rings. The predicted molar refractivity (Wildman–Crippen MR) is 85.5 cm³/mol. The first-order chi connectivity index (χ1) is 11.4. The van der Waals surface area contributed by atoms with Crippen LogP contribution in [0.2, 0.25) is 0 Å². The van der Waals surface area contributed by atoms with Crippen LogP contribution in [0, 0.1) is 10.1 Å². The fourth-order valence-corrected chi connectivity index (χ4v) is 3.09. The van der Waals surface area contributed by atoms with E-state index >= 15 is 0 Å². The van der Waals surface area contributed by atoms with Crippen molar-refractivity contribution >= 4 is 5.69 Å². The van der Waals surface area contributed by atoms with Gasteiger partial charge in [0, 0.05) is 17.7 Å². The number of ether oxygens (including phenoxy) is 1. The molecule has 0 amide bonds. The molecule has 2 heterocycles. The molecule has 0 radical (unpaired) electrons. The molecule has 0 spiro atoms. The highest BCUT2D eigenvalue weighted by molar-refractivity contribution is 5.55. The Bertz CT molecular complexity index is 705. The lowest BCUT2D eigenvalue weighted by Gasteiger charge is -2.34. The Balaban J connectivity index is 1.76. The van der Waals surface area contributed by atoms with E-state index in [2.05, 4.69) is 31.0 Å². The molecule has 0 aliphatic carbocycles. The Morgan fingerprint density at radius 1 is 1.21 bits per heavy atom. The Labute approximate surface area is 139 Å². The lowest BCUT2D eigenvalue weighted by Crippen LogP contribution is -3.15. The van der Waals surface area contributed by atoms with Crippen molar-refractivity contribution in [1.82, 2.24) is 10.2 Å². The van der Waals surface area contributed by atoms with Crippen molar-refractivity contribution in [1.29, 1.82) is 0 Å². The van der Waals surface area contributed by atoms with Crippen LogP contribution in [0.5, 0.6) is 0 Å². The molecular formula is C16H21N4O4+. The van der Waals surface area contributed by atoms with Crippen LogP contribution in [0.4, 0.5) is 5.69 Å². The minimum Gasteiger partial charge on any atom is -0.415 e. The number of rotatable bonds is 4. The van der Waals surface area contributed by atoms with Gasteiger partial charge in [-0.05, 0) is 32.9 Å². The number of aromatic nitrogens is 2. The number of non-ortho nitro benzene ring substituents is 1. The van der Waals surface area contributed by atoms with E-state index in [0.29, 0.717) is 17.3 Å². The smallest absolute Gasteiger partial charge is 0.274 e. The van der Waals surface area contributed by atoms with E-state index in [9.17, 15) is 10.1 Å². The average molecular weight is 333 g/mol. The number of benzene rings is 1. The lowest BCUT2D eigenvalue weighted by molar-refractivity contribution is -0.944. The topological polar surface area (TPSA) is 95.7 Å². The zero-order valence-electron chi connectivity index (χ0n) is 13.9. The van der Waals surface area contributed by atoms with Crippen LogP contribution in [0.15, 0.2) is 28.7 Å². The SMILES string of the molecule is C[C@H]1C[NH+]([C@@H](C)c2nnc(-c3ccc([N+](=O)[O-])cc3)o2)C[C@H](C)O1. The first-order valence-corrected chi connectivity index (χ1v) is 8.02. The molecule has 8 nitrogen and oxygen atoms in total. The second kappa shape index (κ2) is 6.66. The van der Waals surface area contributed by atoms with Gasteiger partial charge in [0.05, 0.1) is 4.92 Å². The Morgan fingerprint density at radius 2 is 1.83 bits per heavy atom. The van der Waals surface area contributed by atoms with Gasteiger partial charge < -0.3 is 14.1 Å². The first-order valence-electron chi connectivity index (χ1n) is 8.02. The largest absolute Gasteiger partial charge is 0.415 e. The number of nitro groups is 1. The molecule has 1 aromatic heterocycles. The summed E-state index contributed by atoms with van der Waals surface area (Å²) in [7, 11) is 0. The number of hydrogen-bond donors (Lipinski definition) is 1. The van der Waals surface area contributed by atoms with Gasteiger partial charge in [0.25, 0.3) is 11.6 Å². The number of nitrogens with zero attached hydrogens (tertiary/aromatic N) is 3. The number of morpholine rings is 1. The zero-order valence-corrected chi connectivity index (χ0v) is 13.9. The highest BCUT2D eigenvalue weighted by Gasteiger charge is 2.32. The molecule has 1 aromatic carbocycles. The van der Waals surface area contributed by atoms with Crippen molar-refractivity contribution in [2.75, 3.05) is 13.1 Å². The van der Waals surface area contributed by atoms with Gasteiger partial charge in [0.2, 0.25) is 5.89 Å². The molecule has 0 saturated carbocycles. The normalized spacial score (nSPS) is 25.4. The van der Waals surface area contributed by atoms with Crippen LogP contribution >= 0.6 is 0 Å². The van der Waals surface area contributed by atoms with E-state index < -0.39 is 4.92 Å². The van der Waals surface area contributed by atoms with Crippen LogP contribution in [-0.2, 0) is 4.74 Å². The van der Waals surface area contributed by atoms with E-state index in [1.807, 2.05) is 0 Å². The number of quaternary nitrogens is 1. The summed E-state index contributed by atoms with van der Waals surface area (Å²) < 4.78 is 11.6. The van der Waals surface area contributed by atoms with E-state index in [0.717, 1.165) is 13.1 Å². The highest BCUT2D eigenvalue weighted by atomic mass is 16.6. The fourth-order valence-electron chi connectivity index (χ4n) is 3.09. The van der Waals surface area contributed by atoms with Gasteiger partial charge in [0.1, 0.15) is 25.3 Å². The summed E-state index contributed by atoms with van der Waals surface area (Å²) in [5.41, 5.74) is 0.706. The maximum Gasteiger partial charge on any atom is 0.274 e.